The highest BCUT2D eigenvalue weighted by molar-refractivity contribution is 7.26. The summed E-state index contributed by atoms with van der Waals surface area (Å²) >= 11 is 3.82. The Morgan fingerprint density at radius 2 is 0.627 bits per heavy atom. The Labute approximate surface area is 726 Å². The van der Waals surface area contributed by atoms with Crippen LogP contribution in [0.3, 0.4) is 0 Å². The molecular weight excluding hydrogens is 1570 g/mol. The first-order chi connectivity index (χ1) is 62.5. The van der Waals surface area contributed by atoms with Crippen molar-refractivity contribution < 1.29 is 13.3 Å². The predicted octanol–water partition coefficient (Wildman–Crippen LogP) is 34.7. The van der Waals surface area contributed by atoms with Gasteiger partial charge in [-0.1, -0.05) is 243 Å². The van der Waals surface area contributed by atoms with Crippen LogP contribution in [0.4, 0.5) is 17.1 Å². The van der Waals surface area contributed by atoms with Crippen molar-refractivity contribution in [1.82, 2.24) is 9.13 Å². The third-order valence-corrected chi connectivity index (χ3v) is 29.6. The standard InChI is InChI=1S/C44H26N2S.C40H22O2.C34H17NOS/c1-2-11-30(12-3-1)45(33-22-19-27-9-4-5-10-29(27)25-33)31-13-6-14-32(26-31)46-36-17-7-15-34-35-16-8-18-38-42(35)44-39(47-38)24-21-28-20-23-37(46)43(40(28)44)41(34)36;1-2-7-23(8-3-1)25-9-4-10-26(21-25)27-11-5-12-28(22-27)29-17-20-34-40-36(29)30-13-6-14-31-37(30)38-32(41-31)18-15-24-16-19-33(42-34)39(40)35(24)38;1-2-9-26-20(5-1)21-14-13-19(17-27(21)36-26)35-24-8-3-6-22-23-7-4-10-28-32(23)34-29(37-28)16-12-18-11-15-25(35)33(30(18)34)31(22)24/h1-26H;1-22H;1-17H. The van der Waals surface area contributed by atoms with Gasteiger partial charge in [-0.25, -0.2) is 0 Å². The van der Waals surface area contributed by atoms with Gasteiger partial charge < -0.3 is 27.3 Å². The minimum atomic E-state index is 0.914. The molecule has 126 heavy (non-hydrogen) atoms. The van der Waals surface area contributed by atoms with Crippen molar-refractivity contribution in [3.8, 4) is 78.1 Å². The monoisotopic (exact) mass is 1640 g/mol. The van der Waals surface area contributed by atoms with Crippen molar-refractivity contribution in [1.29, 1.82) is 0 Å². The molecule has 6 nitrogen and oxygen atoms in total. The molecule has 0 aliphatic heterocycles. The lowest BCUT2D eigenvalue weighted by molar-refractivity contribution is 0.668. The second-order valence-electron chi connectivity index (χ2n) is 33.9. The molecule has 7 aromatic heterocycles. The van der Waals surface area contributed by atoms with E-state index in [1.54, 1.807) is 0 Å². The Morgan fingerprint density at radius 3 is 1.31 bits per heavy atom. The number of para-hydroxylation sites is 2. The smallest absolute Gasteiger partial charge is 0.137 e. The van der Waals surface area contributed by atoms with Gasteiger partial charge in [0.05, 0.1) is 22.1 Å². The minimum Gasteiger partial charge on any atom is -0.456 e. The Hall–Kier alpha value is -16.1. The van der Waals surface area contributed by atoms with Gasteiger partial charge in [-0.2, -0.15) is 0 Å². The lowest BCUT2D eigenvalue weighted by atomic mass is 9.89. The minimum absolute atomic E-state index is 0.914. The van der Waals surface area contributed by atoms with E-state index in [0.717, 1.165) is 72.7 Å². The van der Waals surface area contributed by atoms with Gasteiger partial charge >= 0.3 is 0 Å². The lowest BCUT2D eigenvalue weighted by Crippen LogP contribution is -2.10. The number of benzene rings is 21. The van der Waals surface area contributed by atoms with E-state index < -0.39 is 0 Å². The Bertz CT molecular complexity index is 9700. The van der Waals surface area contributed by atoms with Gasteiger partial charge in [-0.15, -0.1) is 22.7 Å². The molecule has 3 aliphatic carbocycles. The maximum absolute atomic E-state index is 6.50. The van der Waals surface area contributed by atoms with Gasteiger partial charge in [-0.3, -0.25) is 0 Å². The fraction of sp³-hybridized carbons (Fsp3) is 0. The highest BCUT2D eigenvalue weighted by atomic mass is 32.1. The van der Waals surface area contributed by atoms with Crippen LogP contribution in [0, 0.1) is 0 Å². The van der Waals surface area contributed by atoms with Crippen molar-refractivity contribution in [2.24, 2.45) is 0 Å². The lowest BCUT2D eigenvalue weighted by Gasteiger charge is -2.26. The molecule has 0 atom stereocenters. The molecule has 0 spiro atoms. The summed E-state index contributed by atoms with van der Waals surface area (Å²) in [6.45, 7) is 0. The van der Waals surface area contributed by atoms with Gasteiger partial charge in [0.15, 0.2) is 0 Å². The number of aromatic nitrogens is 2. The Balaban J connectivity index is 0.0000000947. The molecule has 7 heterocycles. The molecule has 0 radical (unpaired) electrons. The largest absolute Gasteiger partial charge is 0.456 e. The van der Waals surface area contributed by atoms with Crippen LogP contribution in [0.15, 0.2) is 408 Å². The predicted molar refractivity (Wildman–Crippen MR) is 534 cm³/mol. The molecule has 0 saturated heterocycles. The zero-order chi connectivity index (χ0) is 81.8. The van der Waals surface area contributed by atoms with E-state index in [1.165, 1.54) is 215 Å². The van der Waals surface area contributed by atoms with Crippen LogP contribution in [0.2, 0.25) is 0 Å². The van der Waals surface area contributed by atoms with Crippen molar-refractivity contribution in [2.45, 2.75) is 0 Å². The molecule has 0 saturated carbocycles. The summed E-state index contributed by atoms with van der Waals surface area (Å²) in [6.07, 6.45) is 0. The third-order valence-electron chi connectivity index (χ3n) is 27.3. The summed E-state index contributed by atoms with van der Waals surface area (Å²) in [7, 11) is 0. The number of furan rings is 3. The maximum atomic E-state index is 6.50. The van der Waals surface area contributed by atoms with Crippen LogP contribution >= 0.6 is 22.7 Å². The first-order valence-corrected chi connectivity index (χ1v) is 44.7. The van der Waals surface area contributed by atoms with Crippen molar-refractivity contribution in [3.05, 3.63) is 394 Å². The van der Waals surface area contributed by atoms with Crippen molar-refractivity contribution in [3.63, 3.8) is 0 Å². The highest BCUT2D eigenvalue weighted by Crippen LogP contribution is 2.58. The molecule has 0 N–H and O–H groups in total. The van der Waals surface area contributed by atoms with Gasteiger partial charge in [0.1, 0.15) is 33.5 Å². The molecule has 0 fully saturated rings. The molecule has 31 rings (SSSR count). The first-order valence-electron chi connectivity index (χ1n) is 43.1. The van der Waals surface area contributed by atoms with Gasteiger partial charge in [0.2, 0.25) is 0 Å². The number of fused-ring (bicyclic) bond motifs is 7. The molecule has 28 aromatic rings. The summed E-state index contributed by atoms with van der Waals surface area (Å²) < 4.78 is 29.6. The molecule has 3 aliphatic rings. The summed E-state index contributed by atoms with van der Waals surface area (Å²) in [4.78, 5) is 2.37. The van der Waals surface area contributed by atoms with Crippen molar-refractivity contribution in [2.75, 3.05) is 4.90 Å². The summed E-state index contributed by atoms with van der Waals surface area (Å²) in [5, 5.41) is 28.3. The average molecular weight is 1640 g/mol. The number of anilines is 3. The normalized spacial score (nSPS) is 12.4. The zero-order valence-electron chi connectivity index (χ0n) is 67.4. The maximum Gasteiger partial charge on any atom is 0.137 e. The van der Waals surface area contributed by atoms with Crippen LogP contribution in [0.25, 0.3) is 271 Å². The zero-order valence-corrected chi connectivity index (χ0v) is 69.0. The van der Waals surface area contributed by atoms with Crippen LogP contribution in [0.5, 0.6) is 0 Å². The van der Waals surface area contributed by atoms with E-state index >= 15 is 0 Å². The van der Waals surface area contributed by atoms with E-state index in [9.17, 15) is 0 Å². The molecule has 0 bridgehead atoms. The van der Waals surface area contributed by atoms with Gasteiger partial charge in [-0.05, 0) is 234 Å². The quantitative estimate of drug-likeness (QED) is 0.152. The summed E-state index contributed by atoms with van der Waals surface area (Å²) in [6, 6.07) is 143. The van der Waals surface area contributed by atoms with E-state index in [1.807, 2.05) is 34.8 Å². The van der Waals surface area contributed by atoms with Gasteiger partial charge in [0, 0.05) is 150 Å². The molecule has 0 amide bonds. The second kappa shape index (κ2) is 25.7. The first kappa shape index (κ1) is 68.5. The van der Waals surface area contributed by atoms with Crippen LogP contribution in [0.1, 0.15) is 0 Å². The molecular formula is C118H65N3O3S2. The summed E-state index contributed by atoms with van der Waals surface area (Å²) in [5.74, 6) is 0. The van der Waals surface area contributed by atoms with E-state index in [0.29, 0.717) is 0 Å². The fourth-order valence-corrected chi connectivity index (χ4v) is 24.4. The molecule has 8 heteroatoms. The molecule has 21 aromatic carbocycles. The van der Waals surface area contributed by atoms with Crippen LogP contribution < -0.4 is 4.90 Å². The average Bonchev–Trinajstić information content (AvgIpc) is 1.54. The fourth-order valence-electron chi connectivity index (χ4n) is 22.1. The number of hydrogen-bond donors (Lipinski definition) is 0. The number of hydrogen-bond acceptors (Lipinski definition) is 6. The van der Waals surface area contributed by atoms with Gasteiger partial charge in [0.25, 0.3) is 0 Å². The Morgan fingerprint density at radius 1 is 0.190 bits per heavy atom. The van der Waals surface area contributed by atoms with E-state index in [4.69, 9.17) is 13.3 Å². The summed E-state index contributed by atoms with van der Waals surface area (Å²) in [5.41, 5.74) is 31.0. The van der Waals surface area contributed by atoms with Crippen molar-refractivity contribution >= 4 is 233 Å². The topological polar surface area (TPSA) is 52.5 Å². The molecule has 582 valence electrons. The number of thiophene rings is 2. The van der Waals surface area contributed by atoms with Crippen LogP contribution in [-0.4, -0.2) is 9.13 Å². The van der Waals surface area contributed by atoms with E-state index in [2.05, 4.69) is 396 Å². The Kier molecular flexibility index (Phi) is 14.0. The third kappa shape index (κ3) is 9.57. The highest BCUT2D eigenvalue weighted by Gasteiger charge is 2.32. The number of nitrogens with zero attached hydrogens (tertiary/aromatic N) is 3. The second-order valence-corrected chi connectivity index (χ2v) is 36.0. The SMILES string of the molecule is c1ccc(-c2cccc(-c3cccc(-c4ccc5oc6ccc7ccc8oc9cccc%10c9c8c7c6c5c4-%10)c3)c2)cc1.c1ccc(N(c2cccc(-n3c4cccc5c4c4c6c(ccc7sc8cccc-5c8c76)ccc43)c2)c2ccc3ccccc3c2)cc1.c1ccc2c(c1)oc1cc(-n3c4cccc5c4c4c6c(ccc7sc8cccc-5c8c76)ccc43)ccc12. The van der Waals surface area contributed by atoms with E-state index in [-0.39, 0.29) is 0 Å². The van der Waals surface area contributed by atoms with Crippen LogP contribution in [-0.2, 0) is 0 Å². The number of rotatable bonds is 8. The molecule has 0 unspecified atom stereocenters.